The van der Waals surface area contributed by atoms with Crippen LogP contribution in [0.4, 0.5) is 0 Å². The molecule has 3 heteroatoms. The number of benzene rings is 1. The normalized spacial score (nSPS) is 11.4. The summed E-state index contributed by atoms with van der Waals surface area (Å²) in [6, 6.07) is 5.71. The number of rotatable bonds is 2. The second-order valence-corrected chi connectivity index (χ2v) is 6.80. The number of carbonyl (C=O) groups is 1. The van der Waals surface area contributed by atoms with Gasteiger partial charge in [-0.05, 0) is 18.2 Å². The molecule has 0 amide bonds. The fourth-order valence-corrected chi connectivity index (χ4v) is 2.62. The molecular weight excluding hydrogens is 260 g/mol. The van der Waals surface area contributed by atoms with E-state index in [9.17, 15) is 4.79 Å². The van der Waals surface area contributed by atoms with Crippen molar-refractivity contribution < 1.29 is 4.79 Å². The second kappa shape index (κ2) is 4.49. The topological polar surface area (TPSA) is 17.1 Å². The molecule has 0 aliphatic carbocycles. The van der Waals surface area contributed by atoms with Crippen molar-refractivity contribution in [1.29, 1.82) is 0 Å². The summed E-state index contributed by atoms with van der Waals surface area (Å²) in [6.45, 7) is 6.40. The van der Waals surface area contributed by atoms with Gasteiger partial charge in [-0.3, -0.25) is 4.79 Å². The summed E-state index contributed by atoms with van der Waals surface area (Å²) >= 11 is 5.11. The van der Waals surface area contributed by atoms with E-state index in [-0.39, 0.29) is 4.75 Å². The molecule has 0 unspecified atom stereocenters. The minimum Gasteiger partial charge on any atom is -0.298 e. The molecule has 0 aromatic heterocycles. The molecule has 0 atom stereocenters. The third kappa shape index (κ3) is 3.46. The summed E-state index contributed by atoms with van der Waals surface area (Å²) in [4.78, 5) is 11.8. The van der Waals surface area contributed by atoms with E-state index >= 15 is 0 Å². The highest BCUT2D eigenvalue weighted by molar-refractivity contribution is 9.10. The first-order valence-corrected chi connectivity index (χ1v) is 5.97. The van der Waals surface area contributed by atoms with Crippen LogP contribution in [0, 0.1) is 0 Å². The van der Waals surface area contributed by atoms with Gasteiger partial charge in [-0.1, -0.05) is 36.7 Å². The van der Waals surface area contributed by atoms with Crippen molar-refractivity contribution in [2.75, 3.05) is 0 Å². The predicted octanol–water partition coefficient (Wildman–Crippen LogP) is 4.15. The molecule has 0 N–H and O–H groups in total. The number of hydrogen-bond donors (Lipinski definition) is 0. The van der Waals surface area contributed by atoms with E-state index in [1.165, 1.54) is 0 Å². The van der Waals surface area contributed by atoms with Crippen LogP contribution in [0.25, 0.3) is 0 Å². The van der Waals surface area contributed by atoms with E-state index in [2.05, 4.69) is 36.7 Å². The Kier molecular flexibility index (Phi) is 3.78. The van der Waals surface area contributed by atoms with Crippen molar-refractivity contribution in [2.45, 2.75) is 30.4 Å². The van der Waals surface area contributed by atoms with Gasteiger partial charge in [0.2, 0.25) is 0 Å². The quantitative estimate of drug-likeness (QED) is 0.594. The van der Waals surface area contributed by atoms with Gasteiger partial charge >= 0.3 is 0 Å². The molecule has 0 aliphatic rings. The molecule has 1 rings (SSSR count). The Morgan fingerprint density at radius 3 is 2.50 bits per heavy atom. The molecule has 1 aromatic rings. The van der Waals surface area contributed by atoms with Gasteiger partial charge in [0.15, 0.2) is 6.29 Å². The Morgan fingerprint density at radius 2 is 2.00 bits per heavy atom. The van der Waals surface area contributed by atoms with Crippen molar-refractivity contribution in [3.63, 3.8) is 0 Å². The molecule has 0 radical (unpaired) electrons. The van der Waals surface area contributed by atoms with Gasteiger partial charge in [0.25, 0.3) is 0 Å². The lowest BCUT2D eigenvalue weighted by Gasteiger charge is -2.18. The molecule has 1 aromatic carbocycles. The first-order valence-electron chi connectivity index (χ1n) is 4.36. The highest BCUT2D eigenvalue weighted by Gasteiger charge is 2.14. The Bertz CT molecular complexity index is 342. The van der Waals surface area contributed by atoms with E-state index in [0.29, 0.717) is 0 Å². The first kappa shape index (κ1) is 11.8. The SMILES string of the molecule is CC(C)(C)Sc1cc(Br)ccc1C=O. The molecule has 14 heavy (non-hydrogen) atoms. The standard InChI is InChI=1S/C11H13BrOS/c1-11(2,3)14-10-6-9(12)5-4-8(10)7-13/h4-7H,1-3H3. The number of thioether (sulfide) groups is 1. The van der Waals surface area contributed by atoms with E-state index in [1.807, 2.05) is 18.2 Å². The van der Waals surface area contributed by atoms with Gasteiger partial charge in [-0.2, -0.15) is 0 Å². The van der Waals surface area contributed by atoms with Crippen molar-refractivity contribution >= 4 is 34.0 Å². The van der Waals surface area contributed by atoms with Crippen molar-refractivity contribution in [2.24, 2.45) is 0 Å². The highest BCUT2D eigenvalue weighted by Crippen LogP contribution is 2.35. The maximum Gasteiger partial charge on any atom is 0.151 e. The fourth-order valence-electron chi connectivity index (χ4n) is 1.02. The Morgan fingerprint density at radius 1 is 1.36 bits per heavy atom. The van der Waals surface area contributed by atoms with Gasteiger partial charge in [-0.15, -0.1) is 11.8 Å². The van der Waals surface area contributed by atoms with Gasteiger partial charge in [0, 0.05) is 19.7 Å². The zero-order valence-corrected chi connectivity index (χ0v) is 10.9. The Balaban J connectivity index is 3.05. The lowest BCUT2D eigenvalue weighted by Crippen LogP contribution is -2.07. The first-order chi connectivity index (χ1) is 6.42. The molecule has 0 saturated carbocycles. The van der Waals surface area contributed by atoms with Crippen LogP contribution < -0.4 is 0 Å². The maximum absolute atomic E-state index is 10.8. The Labute approximate surface area is 97.4 Å². The molecule has 0 fully saturated rings. The summed E-state index contributed by atoms with van der Waals surface area (Å²) in [5, 5.41) is 0. The summed E-state index contributed by atoms with van der Waals surface area (Å²) in [7, 11) is 0. The molecule has 0 heterocycles. The summed E-state index contributed by atoms with van der Waals surface area (Å²) in [5.74, 6) is 0. The van der Waals surface area contributed by atoms with Crippen molar-refractivity contribution in [3.8, 4) is 0 Å². The van der Waals surface area contributed by atoms with Crippen LogP contribution in [0.1, 0.15) is 31.1 Å². The average molecular weight is 273 g/mol. The predicted molar refractivity (Wildman–Crippen MR) is 65.1 cm³/mol. The van der Waals surface area contributed by atoms with Crippen LogP contribution >= 0.6 is 27.7 Å². The van der Waals surface area contributed by atoms with Crippen LogP contribution in [0.15, 0.2) is 27.6 Å². The third-order valence-corrected chi connectivity index (χ3v) is 3.20. The lowest BCUT2D eigenvalue weighted by molar-refractivity contribution is 0.112. The molecule has 0 saturated heterocycles. The van der Waals surface area contributed by atoms with Crippen LogP contribution in [0.5, 0.6) is 0 Å². The van der Waals surface area contributed by atoms with E-state index in [1.54, 1.807) is 11.8 Å². The van der Waals surface area contributed by atoms with Gasteiger partial charge in [-0.25, -0.2) is 0 Å². The average Bonchev–Trinajstić information content (AvgIpc) is 2.01. The largest absolute Gasteiger partial charge is 0.298 e. The van der Waals surface area contributed by atoms with Crippen LogP contribution in [-0.4, -0.2) is 11.0 Å². The fraction of sp³-hybridized carbons (Fsp3) is 0.364. The maximum atomic E-state index is 10.8. The summed E-state index contributed by atoms with van der Waals surface area (Å²) in [6.07, 6.45) is 0.903. The monoisotopic (exact) mass is 272 g/mol. The summed E-state index contributed by atoms with van der Waals surface area (Å²) in [5.41, 5.74) is 0.758. The highest BCUT2D eigenvalue weighted by atomic mass is 79.9. The van der Waals surface area contributed by atoms with Gasteiger partial charge in [0.1, 0.15) is 0 Å². The van der Waals surface area contributed by atoms with Gasteiger partial charge < -0.3 is 0 Å². The van der Waals surface area contributed by atoms with Crippen LogP contribution in [-0.2, 0) is 0 Å². The number of carbonyl (C=O) groups excluding carboxylic acids is 1. The molecule has 1 nitrogen and oxygen atoms in total. The third-order valence-electron chi connectivity index (χ3n) is 1.52. The molecule has 0 bridgehead atoms. The number of aldehydes is 1. The molecule has 0 aliphatic heterocycles. The minimum absolute atomic E-state index is 0.124. The molecular formula is C11H13BrOS. The summed E-state index contributed by atoms with van der Waals surface area (Å²) < 4.78 is 1.13. The van der Waals surface area contributed by atoms with Gasteiger partial charge in [0.05, 0.1) is 0 Å². The smallest absolute Gasteiger partial charge is 0.151 e. The van der Waals surface area contributed by atoms with Crippen LogP contribution in [0.3, 0.4) is 0 Å². The van der Waals surface area contributed by atoms with Crippen molar-refractivity contribution in [3.05, 3.63) is 28.2 Å². The Hall–Kier alpha value is -0.280. The zero-order valence-electron chi connectivity index (χ0n) is 8.50. The minimum atomic E-state index is 0.124. The van der Waals surface area contributed by atoms with Crippen molar-refractivity contribution in [1.82, 2.24) is 0 Å². The number of halogens is 1. The van der Waals surface area contributed by atoms with E-state index in [4.69, 9.17) is 0 Å². The van der Waals surface area contributed by atoms with Crippen LogP contribution in [0.2, 0.25) is 0 Å². The zero-order chi connectivity index (χ0) is 10.8. The van der Waals surface area contributed by atoms with E-state index in [0.717, 1.165) is 21.2 Å². The molecule has 0 spiro atoms. The number of hydrogen-bond acceptors (Lipinski definition) is 2. The second-order valence-electron chi connectivity index (χ2n) is 4.01. The lowest BCUT2D eigenvalue weighted by atomic mass is 10.2. The van der Waals surface area contributed by atoms with E-state index < -0.39 is 0 Å². The molecule has 76 valence electrons.